The lowest BCUT2D eigenvalue weighted by Crippen LogP contribution is -2.31. The molecule has 1 aliphatic rings. The molecule has 74 valence electrons. The van der Waals surface area contributed by atoms with Crippen LogP contribution in [0.3, 0.4) is 0 Å². The van der Waals surface area contributed by atoms with E-state index in [0.29, 0.717) is 0 Å². The molecule has 3 nitrogen and oxygen atoms in total. The molecule has 0 aromatic carbocycles. The zero-order valence-electron chi connectivity index (χ0n) is 7.46. The number of nitrogens with zero attached hydrogens (tertiary/aromatic N) is 1. The molecular formula is C8H12ClNO2S. The summed E-state index contributed by atoms with van der Waals surface area (Å²) in [7, 11) is 3.33. The molecule has 1 saturated heterocycles. The lowest BCUT2D eigenvalue weighted by atomic mass is 10.00. The van der Waals surface area contributed by atoms with E-state index in [1.165, 1.54) is 0 Å². The topological polar surface area (TPSA) is 37.4 Å². The molecule has 1 atom stereocenters. The van der Waals surface area contributed by atoms with Crippen molar-refractivity contribution in [1.29, 1.82) is 0 Å². The van der Waals surface area contributed by atoms with Crippen LogP contribution in [0.4, 0.5) is 0 Å². The molecule has 1 rings (SSSR count). The van der Waals surface area contributed by atoms with Gasteiger partial charge in [0.15, 0.2) is 0 Å². The van der Waals surface area contributed by atoms with E-state index in [2.05, 4.69) is 16.1 Å². The van der Waals surface area contributed by atoms with E-state index in [0.717, 1.165) is 25.9 Å². The molecule has 0 radical (unpaired) electrons. The van der Waals surface area contributed by atoms with Gasteiger partial charge in [0, 0.05) is 28.4 Å². The molecule has 0 aromatic rings. The van der Waals surface area contributed by atoms with Gasteiger partial charge in [-0.1, -0.05) is 5.92 Å². The van der Waals surface area contributed by atoms with Gasteiger partial charge in [-0.25, -0.2) is 0 Å². The summed E-state index contributed by atoms with van der Waals surface area (Å²) in [6, 6.07) is 0. The molecule has 0 saturated carbocycles. The Balaban J connectivity index is 2.57. The number of rotatable bonds is 0. The lowest BCUT2D eigenvalue weighted by molar-refractivity contribution is 0.242. The first-order valence-corrected chi connectivity index (χ1v) is 6.44. The Hall–Kier alpha value is -0.240. The van der Waals surface area contributed by atoms with Crippen molar-refractivity contribution in [2.45, 2.75) is 12.8 Å². The Morgan fingerprint density at radius 1 is 1.54 bits per heavy atom. The average molecular weight is 222 g/mol. The van der Waals surface area contributed by atoms with E-state index in [4.69, 9.17) is 10.7 Å². The van der Waals surface area contributed by atoms with Crippen LogP contribution >= 0.6 is 10.7 Å². The van der Waals surface area contributed by atoms with Gasteiger partial charge < -0.3 is 4.90 Å². The molecule has 0 bridgehead atoms. The normalized spacial score (nSPS) is 24.9. The van der Waals surface area contributed by atoms with Crippen molar-refractivity contribution in [3.63, 3.8) is 0 Å². The van der Waals surface area contributed by atoms with Gasteiger partial charge in [-0.15, -0.1) is 0 Å². The summed E-state index contributed by atoms with van der Waals surface area (Å²) in [4.78, 5) is 2.14. The molecule has 13 heavy (non-hydrogen) atoms. The molecule has 0 aromatic heterocycles. The van der Waals surface area contributed by atoms with Crippen molar-refractivity contribution in [2.75, 3.05) is 20.1 Å². The van der Waals surface area contributed by atoms with Crippen molar-refractivity contribution < 1.29 is 8.42 Å². The van der Waals surface area contributed by atoms with Crippen LogP contribution in [-0.4, -0.2) is 33.5 Å². The highest BCUT2D eigenvalue weighted by Gasteiger charge is 2.14. The van der Waals surface area contributed by atoms with Crippen LogP contribution < -0.4 is 0 Å². The molecule has 5 heteroatoms. The van der Waals surface area contributed by atoms with Crippen LogP contribution in [0.5, 0.6) is 0 Å². The van der Waals surface area contributed by atoms with Crippen LogP contribution in [0.2, 0.25) is 0 Å². The number of hydrogen-bond donors (Lipinski definition) is 0. The van der Waals surface area contributed by atoms with Gasteiger partial charge in [0.1, 0.15) is 0 Å². The van der Waals surface area contributed by atoms with Crippen molar-refractivity contribution in [2.24, 2.45) is 5.92 Å². The van der Waals surface area contributed by atoms with E-state index in [-0.39, 0.29) is 5.92 Å². The van der Waals surface area contributed by atoms with Crippen LogP contribution in [0.1, 0.15) is 12.8 Å². The Kier molecular flexibility index (Phi) is 3.60. The van der Waals surface area contributed by atoms with Crippen molar-refractivity contribution in [3.8, 4) is 11.2 Å². The van der Waals surface area contributed by atoms with E-state index in [1.807, 2.05) is 7.05 Å². The van der Waals surface area contributed by atoms with Gasteiger partial charge in [0.2, 0.25) is 0 Å². The molecule has 1 heterocycles. The molecule has 0 amide bonds. The van der Waals surface area contributed by atoms with Crippen LogP contribution in [0, 0.1) is 17.1 Å². The number of halogens is 1. The van der Waals surface area contributed by atoms with Crippen molar-refractivity contribution in [1.82, 2.24) is 4.90 Å². The SMILES string of the molecule is CN1CCCC(C#CS(=O)(=O)Cl)C1. The first-order chi connectivity index (χ1) is 5.97. The summed E-state index contributed by atoms with van der Waals surface area (Å²) < 4.78 is 21.1. The Morgan fingerprint density at radius 3 is 2.77 bits per heavy atom. The number of piperidine rings is 1. The van der Waals surface area contributed by atoms with Crippen molar-refractivity contribution in [3.05, 3.63) is 0 Å². The highest BCUT2D eigenvalue weighted by atomic mass is 35.7. The summed E-state index contributed by atoms with van der Waals surface area (Å²) in [5.41, 5.74) is 0. The van der Waals surface area contributed by atoms with Gasteiger partial charge in [-0.3, -0.25) is 0 Å². The largest absolute Gasteiger partial charge is 0.305 e. The predicted molar refractivity (Wildman–Crippen MR) is 52.8 cm³/mol. The smallest absolute Gasteiger partial charge is 0.300 e. The van der Waals surface area contributed by atoms with E-state index in [1.54, 1.807) is 0 Å². The maximum Gasteiger partial charge on any atom is 0.300 e. The van der Waals surface area contributed by atoms with E-state index >= 15 is 0 Å². The predicted octanol–water partition coefficient (Wildman–Crippen LogP) is 0.858. The lowest BCUT2D eigenvalue weighted by Gasteiger charge is -2.26. The minimum Gasteiger partial charge on any atom is -0.305 e. The quantitative estimate of drug-likeness (QED) is 0.450. The van der Waals surface area contributed by atoms with Gasteiger partial charge >= 0.3 is 9.05 Å². The highest BCUT2D eigenvalue weighted by molar-refractivity contribution is 8.17. The third kappa shape index (κ3) is 4.51. The average Bonchev–Trinajstić information content (AvgIpc) is 2.00. The van der Waals surface area contributed by atoms with E-state index < -0.39 is 9.05 Å². The number of likely N-dealkylation sites (tertiary alicyclic amines) is 1. The fourth-order valence-corrected chi connectivity index (χ4v) is 1.88. The van der Waals surface area contributed by atoms with Crippen LogP contribution in [0.25, 0.3) is 0 Å². The maximum absolute atomic E-state index is 10.5. The fourth-order valence-electron chi connectivity index (χ4n) is 1.44. The Bertz CT molecular complexity index is 328. The minimum absolute atomic E-state index is 0.146. The second-order valence-electron chi connectivity index (χ2n) is 3.29. The molecule has 1 fully saturated rings. The second-order valence-corrected chi connectivity index (χ2v) is 5.58. The Morgan fingerprint density at radius 2 is 2.23 bits per heavy atom. The van der Waals surface area contributed by atoms with Gasteiger partial charge in [0.25, 0.3) is 0 Å². The first-order valence-electron chi connectivity index (χ1n) is 4.13. The minimum atomic E-state index is -3.65. The van der Waals surface area contributed by atoms with Gasteiger partial charge in [-0.05, 0) is 26.4 Å². The summed E-state index contributed by atoms with van der Waals surface area (Å²) in [5.74, 6) is 2.83. The molecule has 0 spiro atoms. The van der Waals surface area contributed by atoms with Gasteiger partial charge in [0.05, 0.1) is 0 Å². The van der Waals surface area contributed by atoms with Crippen LogP contribution in [0.15, 0.2) is 0 Å². The summed E-state index contributed by atoms with van der Waals surface area (Å²) in [5, 5.41) is 2.07. The standard InChI is InChI=1S/C8H12ClNO2S/c1-10-5-2-3-8(7-10)4-6-13(9,11)12/h8H,2-3,5,7H2,1H3. The molecule has 0 aliphatic carbocycles. The monoisotopic (exact) mass is 221 g/mol. The fraction of sp³-hybridized carbons (Fsp3) is 0.750. The number of hydrogen-bond acceptors (Lipinski definition) is 3. The van der Waals surface area contributed by atoms with Gasteiger partial charge in [-0.2, -0.15) is 8.42 Å². The zero-order valence-corrected chi connectivity index (χ0v) is 9.03. The zero-order chi connectivity index (χ0) is 9.90. The molecule has 1 aliphatic heterocycles. The molecular weight excluding hydrogens is 210 g/mol. The third-order valence-electron chi connectivity index (χ3n) is 2.01. The highest BCUT2D eigenvalue weighted by Crippen LogP contribution is 2.13. The third-order valence-corrected chi connectivity index (χ3v) is 2.60. The molecule has 1 unspecified atom stereocenters. The van der Waals surface area contributed by atoms with Crippen LogP contribution in [-0.2, 0) is 9.05 Å². The maximum atomic E-state index is 10.5. The first kappa shape index (κ1) is 10.8. The summed E-state index contributed by atoms with van der Waals surface area (Å²) in [6.07, 6.45) is 2.03. The summed E-state index contributed by atoms with van der Waals surface area (Å²) in [6.45, 7) is 1.89. The van der Waals surface area contributed by atoms with Crippen molar-refractivity contribution >= 4 is 19.7 Å². The van der Waals surface area contributed by atoms with E-state index in [9.17, 15) is 8.42 Å². The second kappa shape index (κ2) is 4.32. The Labute approximate surface area is 83.5 Å². The molecule has 0 N–H and O–H groups in total. The summed E-state index contributed by atoms with van der Waals surface area (Å²) >= 11 is 0.